The highest BCUT2D eigenvalue weighted by molar-refractivity contribution is 5.17. The molecular formula is C17H22N2O. The van der Waals surface area contributed by atoms with Crippen LogP contribution in [0.5, 0.6) is 0 Å². The fraction of sp³-hybridized carbons (Fsp3) is 0.353. The van der Waals surface area contributed by atoms with E-state index in [1.54, 1.807) is 0 Å². The molecule has 2 aromatic rings. The number of aliphatic hydroxyl groups is 1. The SMILES string of the molecule is CCN(CCc1ccccn1)CC(O)c1ccccc1. The number of pyridine rings is 1. The fourth-order valence-corrected chi connectivity index (χ4v) is 2.22. The lowest BCUT2D eigenvalue weighted by Crippen LogP contribution is -2.30. The third kappa shape index (κ3) is 4.44. The molecule has 0 aliphatic heterocycles. The summed E-state index contributed by atoms with van der Waals surface area (Å²) in [6.45, 7) is 4.62. The van der Waals surface area contributed by atoms with Gasteiger partial charge in [-0.15, -0.1) is 0 Å². The van der Waals surface area contributed by atoms with Gasteiger partial charge in [-0.25, -0.2) is 0 Å². The maximum Gasteiger partial charge on any atom is 0.0916 e. The minimum absolute atomic E-state index is 0.431. The summed E-state index contributed by atoms with van der Waals surface area (Å²) in [5.41, 5.74) is 2.07. The van der Waals surface area contributed by atoms with E-state index in [0.29, 0.717) is 6.54 Å². The summed E-state index contributed by atoms with van der Waals surface area (Å²) < 4.78 is 0. The standard InChI is InChI=1S/C17H22N2O/c1-2-19(13-11-16-10-6-7-12-18-16)14-17(20)15-8-4-3-5-9-15/h3-10,12,17,20H,2,11,13-14H2,1H3. The van der Waals surface area contributed by atoms with Crippen molar-refractivity contribution in [1.29, 1.82) is 0 Å². The highest BCUT2D eigenvalue weighted by Gasteiger charge is 2.12. The van der Waals surface area contributed by atoms with Crippen LogP contribution >= 0.6 is 0 Å². The highest BCUT2D eigenvalue weighted by Crippen LogP contribution is 2.13. The lowest BCUT2D eigenvalue weighted by atomic mass is 10.1. The number of hydrogen-bond acceptors (Lipinski definition) is 3. The molecule has 3 heteroatoms. The maximum atomic E-state index is 10.3. The molecule has 0 aliphatic carbocycles. The smallest absolute Gasteiger partial charge is 0.0916 e. The Labute approximate surface area is 120 Å². The molecule has 0 aliphatic rings. The minimum atomic E-state index is -0.431. The van der Waals surface area contributed by atoms with Crippen molar-refractivity contribution >= 4 is 0 Å². The summed E-state index contributed by atoms with van der Waals surface area (Å²) >= 11 is 0. The molecule has 2 rings (SSSR count). The number of aromatic nitrogens is 1. The summed E-state index contributed by atoms with van der Waals surface area (Å²) in [5, 5.41) is 10.3. The predicted molar refractivity (Wildman–Crippen MR) is 81.5 cm³/mol. The second kappa shape index (κ2) is 7.78. The van der Waals surface area contributed by atoms with Crippen LogP contribution in [0, 0.1) is 0 Å². The third-order valence-corrected chi connectivity index (χ3v) is 3.47. The lowest BCUT2D eigenvalue weighted by molar-refractivity contribution is 0.116. The Bertz CT molecular complexity index is 487. The van der Waals surface area contributed by atoms with Gasteiger partial charge in [0.2, 0.25) is 0 Å². The number of rotatable bonds is 7. The minimum Gasteiger partial charge on any atom is -0.387 e. The van der Waals surface area contributed by atoms with Gasteiger partial charge in [-0.1, -0.05) is 43.3 Å². The summed E-state index contributed by atoms with van der Waals surface area (Å²) in [5.74, 6) is 0. The van der Waals surface area contributed by atoms with Crippen molar-refractivity contribution in [2.75, 3.05) is 19.6 Å². The monoisotopic (exact) mass is 270 g/mol. The molecule has 0 bridgehead atoms. The molecule has 0 saturated carbocycles. The summed E-state index contributed by atoms with van der Waals surface area (Å²) in [6, 6.07) is 15.8. The van der Waals surface area contributed by atoms with E-state index in [1.807, 2.05) is 54.7 Å². The van der Waals surface area contributed by atoms with Gasteiger partial charge in [0.05, 0.1) is 6.10 Å². The van der Waals surface area contributed by atoms with E-state index in [2.05, 4.69) is 16.8 Å². The van der Waals surface area contributed by atoms with Crippen LogP contribution in [0.3, 0.4) is 0 Å². The van der Waals surface area contributed by atoms with Crippen molar-refractivity contribution in [3.05, 3.63) is 66.0 Å². The van der Waals surface area contributed by atoms with Crippen molar-refractivity contribution in [2.45, 2.75) is 19.4 Å². The number of nitrogens with zero attached hydrogens (tertiary/aromatic N) is 2. The molecule has 1 N–H and O–H groups in total. The lowest BCUT2D eigenvalue weighted by Gasteiger charge is -2.23. The van der Waals surface area contributed by atoms with Crippen LogP contribution in [-0.4, -0.2) is 34.6 Å². The molecule has 1 aromatic heterocycles. The molecule has 0 radical (unpaired) electrons. The van der Waals surface area contributed by atoms with Gasteiger partial charge in [0.25, 0.3) is 0 Å². The van der Waals surface area contributed by atoms with Crippen molar-refractivity contribution < 1.29 is 5.11 Å². The van der Waals surface area contributed by atoms with E-state index in [4.69, 9.17) is 0 Å². The largest absolute Gasteiger partial charge is 0.387 e. The van der Waals surface area contributed by atoms with Crippen molar-refractivity contribution in [3.8, 4) is 0 Å². The van der Waals surface area contributed by atoms with E-state index in [9.17, 15) is 5.11 Å². The second-order valence-electron chi connectivity index (χ2n) is 4.89. The Morgan fingerprint density at radius 1 is 1.10 bits per heavy atom. The average Bonchev–Trinajstić information content (AvgIpc) is 2.53. The first-order valence-electron chi connectivity index (χ1n) is 7.15. The molecule has 1 aromatic carbocycles. The normalized spacial score (nSPS) is 12.6. The molecule has 0 spiro atoms. The van der Waals surface area contributed by atoms with Crippen LogP contribution in [0.15, 0.2) is 54.7 Å². The number of aliphatic hydroxyl groups excluding tert-OH is 1. The first-order chi connectivity index (χ1) is 9.79. The molecule has 0 saturated heterocycles. The predicted octanol–water partition coefficient (Wildman–Crippen LogP) is 2.68. The average molecular weight is 270 g/mol. The summed E-state index contributed by atoms with van der Waals surface area (Å²) in [4.78, 5) is 6.59. The van der Waals surface area contributed by atoms with E-state index in [-0.39, 0.29) is 0 Å². The molecule has 1 unspecified atom stereocenters. The molecule has 0 fully saturated rings. The molecule has 1 atom stereocenters. The molecule has 3 nitrogen and oxygen atoms in total. The fourth-order valence-electron chi connectivity index (χ4n) is 2.22. The van der Waals surface area contributed by atoms with Gasteiger partial charge in [0.15, 0.2) is 0 Å². The van der Waals surface area contributed by atoms with Gasteiger partial charge >= 0.3 is 0 Å². The number of hydrogen-bond donors (Lipinski definition) is 1. The first kappa shape index (κ1) is 14.7. The Morgan fingerprint density at radius 2 is 1.85 bits per heavy atom. The quantitative estimate of drug-likeness (QED) is 0.840. The number of benzene rings is 1. The zero-order valence-electron chi connectivity index (χ0n) is 11.9. The zero-order valence-corrected chi connectivity index (χ0v) is 11.9. The third-order valence-electron chi connectivity index (χ3n) is 3.47. The van der Waals surface area contributed by atoms with Crippen molar-refractivity contribution in [1.82, 2.24) is 9.88 Å². The molecule has 1 heterocycles. The van der Waals surface area contributed by atoms with Crippen LogP contribution in [0.4, 0.5) is 0 Å². The maximum absolute atomic E-state index is 10.3. The van der Waals surface area contributed by atoms with E-state index in [0.717, 1.165) is 30.8 Å². The van der Waals surface area contributed by atoms with E-state index in [1.165, 1.54) is 0 Å². The van der Waals surface area contributed by atoms with Gasteiger partial charge < -0.3 is 10.0 Å². The Kier molecular flexibility index (Phi) is 5.71. The van der Waals surface area contributed by atoms with Crippen molar-refractivity contribution in [2.24, 2.45) is 0 Å². The first-order valence-corrected chi connectivity index (χ1v) is 7.15. The number of likely N-dealkylation sites (N-methyl/N-ethyl adjacent to an activating group) is 1. The van der Waals surface area contributed by atoms with Crippen LogP contribution in [0.2, 0.25) is 0 Å². The van der Waals surface area contributed by atoms with Gasteiger partial charge in [0, 0.05) is 31.4 Å². The molecule has 0 amide bonds. The second-order valence-corrected chi connectivity index (χ2v) is 4.89. The van der Waals surface area contributed by atoms with Crippen LogP contribution in [0.1, 0.15) is 24.3 Å². The molecular weight excluding hydrogens is 248 g/mol. The Balaban J connectivity index is 1.86. The Morgan fingerprint density at radius 3 is 2.50 bits per heavy atom. The topological polar surface area (TPSA) is 36.4 Å². The van der Waals surface area contributed by atoms with E-state index < -0.39 is 6.10 Å². The highest BCUT2D eigenvalue weighted by atomic mass is 16.3. The molecule has 106 valence electrons. The van der Waals surface area contributed by atoms with Crippen molar-refractivity contribution in [3.63, 3.8) is 0 Å². The van der Waals surface area contributed by atoms with Gasteiger partial charge in [-0.2, -0.15) is 0 Å². The van der Waals surface area contributed by atoms with Crippen LogP contribution in [0.25, 0.3) is 0 Å². The van der Waals surface area contributed by atoms with Gasteiger partial charge in [-0.05, 0) is 24.2 Å². The van der Waals surface area contributed by atoms with Crippen LogP contribution < -0.4 is 0 Å². The van der Waals surface area contributed by atoms with Gasteiger partial charge in [0.1, 0.15) is 0 Å². The van der Waals surface area contributed by atoms with E-state index >= 15 is 0 Å². The van der Waals surface area contributed by atoms with Gasteiger partial charge in [-0.3, -0.25) is 4.98 Å². The van der Waals surface area contributed by atoms with Crippen LogP contribution in [-0.2, 0) is 6.42 Å². The summed E-state index contributed by atoms with van der Waals surface area (Å²) in [6.07, 6.45) is 2.31. The Hall–Kier alpha value is -1.71. The zero-order chi connectivity index (χ0) is 14.2. The summed E-state index contributed by atoms with van der Waals surface area (Å²) in [7, 11) is 0. The molecule has 20 heavy (non-hydrogen) atoms.